The molecule has 1 atom stereocenters. The van der Waals surface area contributed by atoms with Gasteiger partial charge in [0.05, 0.1) is 5.92 Å². The molecule has 1 aromatic heterocycles. The molecule has 1 heterocycles. The van der Waals surface area contributed by atoms with E-state index in [1.54, 1.807) is 11.9 Å². The molecule has 0 aromatic carbocycles. The first-order chi connectivity index (χ1) is 7.20. The molecule has 1 aromatic rings. The van der Waals surface area contributed by atoms with E-state index in [0.29, 0.717) is 0 Å². The Bertz CT molecular complexity index is 295. The van der Waals surface area contributed by atoms with Crippen molar-refractivity contribution in [3.8, 4) is 0 Å². The Balaban J connectivity index is 2.66. The summed E-state index contributed by atoms with van der Waals surface area (Å²) in [6.07, 6.45) is 2.67. The zero-order chi connectivity index (χ0) is 11.3. The van der Waals surface area contributed by atoms with Gasteiger partial charge in [0.2, 0.25) is 5.91 Å². The average Bonchev–Trinajstić information content (AvgIpc) is 2.77. The van der Waals surface area contributed by atoms with Crippen LogP contribution in [0.25, 0.3) is 0 Å². The van der Waals surface area contributed by atoms with Crippen molar-refractivity contribution in [3.63, 3.8) is 0 Å². The van der Waals surface area contributed by atoms with E-state index in [2.05, 4.69) is 10.3 Å². The molecule has 1 unspecified atom stereocenters. The number of aromatic nitrogens is 1. The van der Waals surface area contributed by atoms with Gasteiger partial charge in [-0.25, -0.2) is 0 Å². The van der Waals surface area contributed by atoms with Gasteiger partial charge in [-0.3, -0.25) is 4.79 Å². The van der Waals surface area contributed by atoms with Crippen molar-refractivity contribution < 1.29 is 4.79 Å². The maximum atomic E-state index is 12.0. The van der Waals surface area contributed by atoms with Crippen LogP contribution in [-0.4, -0.2) is 31.5 Å². The Morgan fingerprint density at radius 1 is 1.67 bits per heavy atom. The SMILES string of the molecule is CCC(CNC)C(=O)N(C)c1ccc[nH]1. The van der Waals surface area contributed by atoms with Crippen molar-refractivity contribution in [2.45, 2.75) is 13.3 Å². The molecule has 84 valence electrons. The van der Waals surface area contributed by atoms with Gasteiger partial charge in [-0.1, -0.05) is 6.92 Å². The van der Waals surface area contributed by atoms with Crippen LogP contribution in [0.5, 0.6) is 0 Å². The number of carbonyl (C=O) groups excluding carboxylic acids is 1. The van der Waals surface area contributed by atoms with Gasteiger partial charge in [0.1, 0.15) is 5.82 Å². The summed E-state index contributed by atoms with van der Waals surface area (Å²) in [5, 5.41) is 3.04. The number of nitrogens with one attached hydrogen (secondary N) is 2. The van der Waals surface area contributed by atoms with Crippen molar-refractivity contribution in [1.82, 2.24) is 10.3 Å². The van der Waals surface area contributed by atoms with Gasteiger partial charge in [-0.2, -0.15) is 0 Å². The highest BCUT2D eigenvalue weighted by Crippen LogP contribution is 2.13. The molecule has 2 N–H and O–H groups in total. The summed E-state index contributed by atoms with van der Waals surface area (Å²) in [6, 6.07) is 3.78. The molecular weight excluding hydrogens is 190 g/mol. The molecule has 0 spiro atoms. The lowest BCUT2D eigenvalue weighted by Crippen LogP contribution is -2.37. The Morgan fingerprint density at radius 3 is 2.87 bits per heavy atom. The van der Waals surface area contributed by atoms with Crippen LogP contribution in [0.4, 0.5) is 5.82 Å². The van der Waals surface area contributed by atoms with Gasteiger partial charge in [0.25, 0.3) is 0 Å². The van der Waals surface area contributed by atoms with Crippen molar-refractivity contribution in [1.29, 1.82) is 0 Å². The number of rotatable bonds is 5. The first-order valence-electron chi connectivity index (χ1n) is 5.26. The fourth-order valence-corrected chi connectivity index (χ4v) is 1.57. The Hall–Kier alpha value is -1.29. The molecule has 1 amide bonds. The minimum absolute atomic E-state index is 0.0447. The van der Waals surface area contributed by atoms with Crippen molar-refractivity contribution >= 4 is 11.7 Å². The summed E-state index contributed by atoms with van der Waals surface area (Å²) >= 11 is 0. The molecule has 0 aliphatic rings. The topological polar surface area (TPSA) is 48.1 Å². The molecule has 1 rings (SSSR count). The summed E-state index contributed by atoms with van der Waals surface area (Å²) in [5.74, 6) is 1.03. The first kappa shape index (κ1) is 11.8. The molecular formula is C11H19N3O. The van der Waals surface area contributed by atoms with Crippen LogP contribution in [0.2, 0.25) is 0 Å². The number of aromatic amines is 1. The monoisotopic (exact) mass is 209 g/mol. The van der Waals surface area contributed by atoms with E-state index >= 15 is 0 Å². The molecule has 0 aliphatic heterocycles. The molecule has 4 nitrogen and oxygen atoms in total. The summed E-state index contributed by atoms with van der Waals surface area (Å²) in [6.45, 7) is 2.75. The summed E-state index contributed by atoms with van der Waals surface area (Å²) in [7, 11) is 3.66. The average molecular weight is 209 g/mol. The van der Waals surface area contributed by atoms with Gasteiger partial charge >= 0.3 is 0 Å². The van der Waals surface area contributed by atoms with Gasteiger partial charge in [-0.05, 0) is 25.6 Å². The third-order valence-electron chi connectivity index (χ3n) is 2.57. The standard InChI is InChI=1S/C11H19N3O/c1-4-9(8-12-2)11(15)14(3)10-6-5-7-13-10/h5-7,9,12-13H,4,8H2,1-3H3. The van der Waals surface area contributed by atoms with Crippen LogP contribution < -0.4 is 10.2 Å². The largest absolute Gasteiger partial charge is 0.348 e. The van der Waals surface area contributed by atoms with Crippen LogP contribution in [0.15, 0.2) is 18.3 Å². The highest BCUT2D eigenvalue weighted by molar-refractivity contribution is 5.93. The number of anilines is 1. The zero-order valence-corrected chi connectivity index (χ0v) is 9.58. The van der Waals surface area contributed by atoms with E-state index in [1.165, 1.54) is 0 Å². The third kappa shape index (κ3) is 2.83. The van der Waals surface area contributed by atoms with E-state index in [4.69, 9.17) is 0 Å². The van der Waals surface area contributed by atoms with Gasteiger partial charge in [0, 0.05) is 19.8 Å². The van der Waals surface area contributed by atoms with E-state index in [9.17, 15) is 4.79 Å². The predicted octanol–water partition coefficient (Wildman–Crippen LogP) is 1.22. The molecule has 0 fully saturated rings. The number of hydrogen-bond acceptors (Lipinski definition) is 2. The summed E-state index contributed by atoms with van der Waals surface area (Å²) < 4.78 is 0. The predicted molar refractivity (Wildman–Crippen MR) is 61.9 cm³/mol. The smallest absolute Gasteiger partial charge is 0.232 e. The van der Waals surface area contributed by atoms with Crippen molar-refractivity contribution in [3.05, 3.63) is 18.3 Å². The number of carbonyl (C=O) groups is 1. The minimum atomic E-state index is 0.0447. The quantitative estimate of drug-likeness (QED) is 0.766. The maximum absolute atomic E-state index is 12.0. The van der Waals surface area contributed by atoms with Gasteiger partial charge in [-0.15, -0.1) is 0 Å². The highest BCUT2D eigenvalue weighted by atomic mass is 16.2. The molecule has 0 aliphatic carbocycles. The molecule has 0 saturated carbocycles. The fraction of sp³-hybridized carbons (Fsp3) is 0.545. The van der Waals surface area contributed by atoms with Crippen LogP contribution in [0, 0.1) is 5.92 Å². The highest BCUT2D eigenvalue weighted by Gasteiger charge is 2.20. The zero-order valence-electron chi connectivity index (χ0n) is 9.58. The number of nitrogens with zero attached hydrogens (tertiary/aromatic N) is 1. The Kier molecular flexibility index (Phi) is 4.37. The molecule has 0 radical (unpaired) electrons. The second-order valence-corrected chi connectivity index (χ2v) is 3.62. The Labute approximate surface area is 90.7 Å². The molecule has 15 heavy (non-hydrogen) atoms. The molecule has 0 bridgehead atoms. The van der Waals surface area contributed by atoms with Crippen LogP contribution in [0.1, 0.15) is 13.3 Å². The number of hydrogen-bond donors (Lipinski definition) is 2. The van der Waals surface area contributed by atoms with E-state index in [1.807, 2.05) is 32.3 Å². The third-order valence-corrected chi connectivity index (χ3v) is 2.57. The molecule has 4 heteroatoms. The van der Waals surface area contributed by atoms with Crippen LogP contribution in [-0.2, 0) is 4.79 Å². The fourth-order valence-electron chi connectivity index (χ4n) is 1.57. The summed E-state index contributed by atoms with van der Waals surface area (Å²) in [5.41, 5.74) is 0. The number of H-pyrrole nitrogens is 1. The number of amides is 1. The van der Waals surface area contributed by atoms with E-state index in [0.717, 1.165) is 18.8 Å². The summed E-state index contributed by atoms with van der Waals surface area (Å²) in [4.78, 5) is 16.7. The Morgan fingerprint density at radius 2 is 2.40 bits per heavy atom. The first-order valence-corrected chi connectivity index (χ1v) is 5.26. The van der Waals surface area contributed by atoms with Crippen LogP contribution >= 0.6 is 0 Å². The van der Waals surface area contributed by atoms with Crippen molar-refractivity contribution in [2.75, 3.05) is 25.5 Å². The van der Waals surface area contributed by atoms with E-state index in [-0.39, 0.29) is 11.8 Å². The van der Waals surface area contributed by atoms with E-state index < -0.39 is 0 Å². The van der Waals surface area contributed by atoms with Gasteiger partial charge in [0.15, 0.2) is 0 Å². The normalized spacial score (nSPS) is 12.5. The lowest BCUT2D eigenvalue weighted by molar-refractivity contribution is -0.122. The van der Waals surface area contributed by atoms with Gasteiger partial charge < -0.3 is 15.2 Å². The minimum Gasteiger partial charge on any atom is -0.348 e. The lowest BCUT2D eigenvalue weighted by Gasteiger charge is -2.21. The second-order valence-electron chi connectivity index (χ2n) is 3.62. The van der Waals surface area contributed by atoms with Crippen molar-refractivity contribution in [2.24, 2.45) is 5.92 Å². The van der Waals surface area contributed by atoms with Crippen LogP contribution in [0.3, 0.4) is 0 Å². The second kappa shape index (κ2) is 5.56. The lowest BCUT2D eigenvalue weighted by atomic mass is 10.1. The molecule has 0 saturated heterocycles. The maximum Gasteiger partial charge on any atom is 0.232 e.